The van der Waals surface area contributed by atoms with Crippen molar-refractivity contribution in [3.63, 3.8) is 0 Å². The van der Waals surface area contributed by atoms with Crippen LogP contribution < -0.4 is 0 Å². The van der Waals surface area contributed by atoms with Gasteiger partial charge in [0.15, 0.2) is 0 Å². The summed E-state index contributed by atoms with van der Waals surface area (Å²) >= 11 is 0. The van der Waals surface area contributed by atoms with Gasteiger partial charge in [0.2, 0.25) is 0 Å². The fourth-order valence-electron chi connectivity index (χ4n) is 11.6. The molecule has 0 fully saturated rings. The normalized spacial score (nSPS) is 13.0. The highest BCUT2D eigenvalue weighted by molar-refractivity contribution is 6.67. The molecular formula is C68H121NO18Si6. The number of hydrogen-bond acceptors (Lipinski definition) is 19. The lowest BCUT2D eigenvalue weighted by molar-refractivity contribution is 0.0705. The lowest BCUT2D eigenvalue weighted by Crippen LogP contribution is -2.46. The number of benzene rings is 3. The van der Waals surface area contributed by atoms with Crippen LogP contribution in [-0.4, -0.2) is 177 Å². The maximum absolute atomic E-state index is 6.62. The lowest BCUT2D eigenvalue weighted by Gasteiger charge is -2.31. The molecule has 0 saturated heterocycles. The number of hydrogen-bond donors (Lipinski definition) is 0. The summed E-state index contributed by atoms with van der Waals surface area (Å²) in [4.78, 5) is 6.17. The van der Waals surface area contributed by atoms with E-state index in [-0.39, 0.29) is 6.54 Å². The van der Waals surface area contributed by atoms with Gasteiger partial charge in [0.25, 0.3) is 0 Å². The molecule has 0 amide bonds. The fourth-order valence-corrected chi connectivity index (χ4v) is 26.2. The molecule has 0 aliphatic heterocycles. The highest BCUT2D eigenvalue weighted by atomic mass is 28.4. The number of nitrogens with zero attached hydrogens (tertiary/aromatic N) is 1. The van der Waals surface area contributed by atoms with Gasteiger partial charge in [0, 0.05) is 154 Å². The number of aryl methyl sites for hydroxylation is 4. The van der Waals surface area contributed by atoms with E-state index in [2.05, 4.69) is 66.7 Å². The third kappa shape index (κ3) is 26.5. The first-order valence-electron chi connectivity index (χ1n) is 34.9. The third-order valence-corrected chi connectivity index (χ3v) is 32.3. The SMILES string of the molecule is CCO[Si](/C=C\c1cccc(/C=C\[Si](OCC)(OCC)OCC)c1CN=C(c1c(CC[Si](OCC)(OCC)OCC)cccc1CC[Si](OCC)(OCC)OCC)c1c(CC[Si](OCC)(OCC)OCC)cccc1CC[Si](OCC)(OCC)OCC)(OCC)OCC. The molecule has 93 heavy (non-hydrogen) atoms. The number of aliphatic imine (C=N–C) groups is 1. The van der Waals surface area contributed by atoms with Crippen LogP contribution in [0.3, 0.4) is 0 Å². The van der Waals surface area contributed by atoms with Crippen molar-refractivity contribution in [3.05, 3.63) is 116 Å². The second-order valence-corrected chi connectivity index (χ2v) is 36.6. The Kier molecular flexibility index (Phi) is 42.4. The molecule has 0 spiro atoms. The molecule has 0 aliphatic rings. The van der Waals surface area contributed by atoms with Gasteiger partial charge in [0.05, 0.1) is 12.3 Å². The first-order chi connectivity index (χ1) is 45.1. The Balaban J connectivity index is 2.95. The Morgan fingerprint density at radius 2 is 0.495 bits per heavy atom. The summed E-state index contributed by atoms with van der Waals surface area (Å²) in [5.41, 5.74) is 13.5. The van der Waals surface area contributed by atoms with Crippen molar-refractivity contribution < 1.29 is 79.7 Å². The summed E-state index contributed by atoms with van der Waals surface area (Å²) in [7, 11) is -19.7. The van der Waals surface area contributed by atoms with Crippen LogP contribution in [0.4, 0.5) is 0 Å². The van der Waals surface area contributed by atoms with Gasteiger partial charge in [-0.05, 0) is 201 Å². The third-order valence-electron chi connectivity index (χ3n) is 14.8. The average molecular weight is 1410 g/mol. The van der Waals surface area contributed by atoms with Gasteiger partial charge in [-0.1, -0.05) is 66.7 Å². The van der Waals surface area contributed by atoms with E-state index in [0.717, 1.165) is 55.8 Å². The molecule has 0 heterocycles. The Bertz CT molecular complexity index is 2240. The van der Waals surface area contributed by atoms with Crippen LogP contribution in [0.25, 0.3) is 12.2 Å². The standard InChI is InChI=1S/C68H121NO18Si6/c1-19-70-88(71-20-2,72-21-3)52-46-59-40-37-41-60(47-53-89(73-22-4,74-23-5)75-24-6)65(59)58-69-68(66-61(48-54-90(76-25-7,77-26-8)78-27-9)42-38-43-62(66)49-55-91(79-28-10,80-29-11)81-30-12)67-63(50-56-92(82-31-13,83-32-14)84-33-15)44-39-45-64(67)51-57-93(85-34-16,86-35-17)87-36-18/h37-47,52-53H,19-36,48-51,54-58H2,1-18H3/b52-46-,53-47-. The largest absolute Gasteiger partial charge is 0.529 e. The van der Waals surface area contributed by atoms with Crippen molar-refractivity contribution in [1.82, 2.24) is 0 Å². The van der Waals surface area contributed by atoms with Crippen LogP contribution in [0.15, 0.2) is 71.0 Å². The van der Waals surface area contributed by atoms with E-state index in [4.69, 9.17) is 84.7 Å². The van der Waals surface area contributed by atoms with E-state index in [1.807, 2.05) is 136 Å². The summed E-state index contributed by atoms with van der Waals surface area (Å²) in [5.74, 6) is 0. The molecule has 0 atom stereocenters. The van der Waals surface area contributed by atoms with Gasteiger partial charge in [-0.15, -0.1) is 0 Å². The Morgan fingerprint density at radius 3 is 0.699 bits per heavy atom. The van der Waals surface area contributed by atoms with Crippen LogP contribution in [0, 0.1) is 0 Å². The molecule has 0 saturated carbocycles. The zero-order chi connectivity index (χ0) is 68.5. The highest BCUT2D eigenvalue weighted by Gasteiger charge is 2.45. The van der Waals surface area contributed by atoms with E-state index >= 15 is 0 Å². The molecule has 19 nitrogen and oxygen atoms in total. The maximum Gasteiger partial charge on any atom is 0.529 e. The van der Waals surface area contributed by atoms with E-state index in [0.29, 0.717) is 169 Å². The average Bonchev–Trinajstić information content (AvgIpc) is 0.781. The second-order valence-electron chi connectivity index (χ2n) is 20.9. The molecule has 0 bridgehead atoms. The minimum Gasteiger partial charge on any atom is -0.374 e. The summed E-state index contributed by atoms with van der Waals surface area (Å²) in [5, 5.41) is 0. The quantitative estimate of drug-likeness (QED) is 0.0384. The summed E-state index contributed by atoms with van der Waals surface area (Å²) in [6, 6.07) is 21.5. The molecule has 530 valence electrons. The molecule has 0 aliphatic carbocycles. The summed E-state index contributed by atoms with van der Waals surface area (Å²) in [6.07, 6.45) is 6.28. The van der Waals surface area contributed by atoms with Crippen LogP contribution in [0.5, 0.6) is 0 Å². The minimum atomic E-state index is -3.35. The van der Waals surface area contributed by atoms with Crippen LogP contribution in [0.1, 0.15) is 175 Å². The molecule has 3 rings (SSSR count). The Morgan fingerprint density at radius 1 is 0.290 bits per heavy atom. The van der Waals surface area contributed by atoms with Gasteiger partial charge < -0.3 is 79.7 Å². The molecule has 3 aromatic carbocycles. The summed E-state index contributed by atoms with van der Waals surface area (Å²) in [6.45, 7) is 43.6. The zero-order valence-corrected chi connectivity index (χ0v) is 66.4. The van der Waals surface area contributed by atoms with Gasteiger partial charge in [0.1, 0.15) is 0 Å². The molecule has 3 aromatic rings. The van der Waals surface area contributed by atoms with E-state index in [1.54, 1.807) is 0 Å². The second kappa shape index (κ2) is 46.6. The van der Waals surface area contributed by atoms with Gasteiger partial charge in [-0.2, -0.15) is 0 Å². The van der Waals surface area contributed by atoms with Crippen molar-refractivity contribution in [3.8, 4) is 0 Å². The van der Waals surface area contributed by atoms with Gasteiger partial charge in [-0.25, -0.2) is 0 Å². The van der Waals surface area contributed by atoms with Gasteiger partial charge >= 0.3 is 52.8 Å². The lowest BCUT2D eigenvalue weighted by atomic mass is 9.85. The van der Waals surface area contributed by atoms with Crippen molar-refractivity contribution in [1.29, 1.82) is 0 Å². The van der Waals surface area contributed by atoms with E-state index in [1.165, 1.54) is 0 Å². The van der Waals surface area contributed by atoms with E-state index in [9.17, 15) is 0 Å². The molecule has 0 radical (unpaired) electrons. The molecule has 25 heteroatoms. The zero-order valence-electron chi connectivity index (χ0n) is 60.4. The molecule has 0 N–H and O–H groups in total. The predicted octanol–water partition coefficient (Wildman–Crippen LogP) is 14.3. The topological polar surface area (TPSA) is 178 Å². The summed E-state index contributed by atoms with van der Waals surface area (Å²) < 4.78 is 118. The van der Waals surface area contributed by atoms with Crippen LogP contribution in [-0.2, 0) is 112 Å². The minimum absolute atomic E-state index is 0.187. The molecular weight excluding hydrogens is 1290 g/mol. The molecule has 0 unspecified atom stereocenters. The van der Waals surface area contributed by atoms with Crippen LogP contribution >= 0.6 is 0 Å². The van der Waals surface area contributed by atoms with Gasteiger partial charge in [-0.3, -0.25) is 4.99 Å². The predicted molar refractivity (Wildman–Crippen MR) is 385 cm³/mol. The monoisotopic (exact) mass is 1410 g/mol. The van der Waals surface area contributed by atoms with Crippen molar-refractivity contribution in [2.75, 3.05) is 119 Å². The highest BCUT2D eigenvalue weighted by Crippen LogP contribution is 2.35. The first-order valence-corrected chi connectivity index (χ1v) is 46.2. The Hall–Kier alpha value is -2.61. The number of rotatable bonds is 56. The van der Waals surface area contributed by atoms with Crippen LogP contribution in [0.2, 0.25) is 24.2 Å². The maximum atomic E-state index is 6.62. The fraction of sp³-hybridized carbons (Fsp3) is 0.662. The molecule has 0 aromatic heterocycles. The smallest absolute Gasteiger partial charge is 0.374 e. The first kappa shape index (κ1) is 84.6. The van der Waals surface area contributed by atoms with Crippen molar-refractivity contribution in [2.24, 2.45) is 4.99 Å². The van der Waals surface area contributed by atoms with E-state index < -0.39 is 52.8 Å². The van der Waals surface area contributed by atoms with Crippen molar-refractivity contribution in [2.45, 2.75) is 181 Å². The Labute approximate surface area is 568 Å². The van der Waals surface area contributed by atoms with Crippen molar-refractivity contribution >= 4 is 70.7 Å².